The quantitative estimate of drug-likeness (QED) is 0.901. The lowest BCUT2D eigenvalue weighted by atomic mass is 10.2. The van der Waals surface area contributed by atoms with E-state index in [-0.39, 0.29) is 5.69 Å². The highest BCUT2D eigenvalue weighted by Crippen LogP contribution is 2.26. The lowest BCUT2D eigenvalue weighted by molar-refractivity contribution is 0.0687. The zero-order valence-corrected chi connectivity index (χ0v) is 10.5. The molecule has 0 aliphatic rings. The van der Waals surface area contributed by atoms with Crippen molar-refractivity contribution in [3.8, 4) is 11.4 Å². The highest BCUT2D eigenvalue weighted by atomic mass is 16.5. The average molecular weight is 246 g/mol. The van der Waals surface area contributed by atoms with E-state index in [2.05, 4.69) is 4.98 Å². The zero-order chi connectivity index (χ0) is 13.3. The van der Waals surface area contributed by atoms with E-state index < -0.39 is 5.97 Å². The summed E-state index contributed by atoms with van der Waals surface area (Å²) in [5.41, 5.74) is 2.33. The first kappa shape index (κ1) is 12.2. The van der Waals surface area contributed by atoms with Gasteiger partial charge in [-0.2, -0.15) is 0 Å². The van der Waals surface area contributed by atoms with E-state index in [1.165, 1.54) is 10.9 Å². The predicted molar refractivity (Wildman–Crippen MR) is 66.5 cm³/mol. The first-order valence-electron chi connectivity index (χ1n) is 5.47. The number of rotatable bonds is 3. The van der Waals surface area contributed by atoms with Crippen molar-refractivity contribution in [3.63, 3.8) is 0 Å². The first-order chi connectivity index (χ1) is 8.54. The summed E-state index contributed by atoms with van der Waals surface area (Å²) in [6, 6.07) is 5.59. The van der Waals surface area contributed by atoms with Crippen molar-refractivity contribution in [3.05, 3.63) is 41.5 Å². The number of hydrogen-bond acceptors (Lipinski definition) is 3. The third-order valence-electron chi connectivity index (χ3n) is 2.75. The number of aromatic carboxylic acids is 1. The third-order valence-corrected chi connectivity index (χ3v) is 2.75. The molecule has 5 nitrogen and oxygen atoms in total. The monoisotopic (exact) mass is 246 g/mol. The number of imidazole rings is 1. The van der Waals surface area contributed by atoms with Crippen molar-refractivity contribution in [1.82, 2.24) is 9.55 Å². The number of carbonyl (C=O) groups is 1. The van der Waals surface area contributed by atoms with Crippen LogP contribution in [0.3, 0.4) is 0 Å². The molecule has 18 heavy (non-hydrogen) atoms. The summed E-state index contributed by atoms with van der Waals surface area (Å²) >= 11 is 0. The van der Waals surface area contributed by atoms with Crippen LogP contribution in [-0.4, -0.2) is 27.7 Å². The molecule has 0 bridgehead atoms. The molecule has 0 unspecified atom stereocenters. The Labute approximate surface area is 105 Å². The molecule has 94 valence electrons. The van der Waals surface area contributed by atoms with Gasteiger partial charge in [0.25, 0.3) is 0 Å². The average Bonchev–Trinajstić information content (AvgIpc) is 2.71. The predicted octanol–water partition coefficient (Wildman–Crippen LogP) is 2.20. The smallest absolute Gasteiger partial charge is 0.354 e. The largest absolute Gasteiger partial charge is 0.495 e. The molecule has 5 heteroatoms. The van der Waals surface area contributed by atoms with Gasteiger partial charge in [-0.15, -0.1) is 0 Å². The summed E-state index contributed by atoms with van der Waals surface area (Å²) in [5.74, 6) is -0.394. The number of benzene rings is 1. The zero-order valence-electron chi connectivity index (χ0n) is 10.5. The maximum absolute atomic E-state index is 11.3. The number of carboxylic acid groups (broad SMARTS) is 1. The van der Waals surface area contributed by atoms with Crippen molar-refractivity contribution in [2.45, 2.75) is 13.8 Å². The lowest BCUT2D eigenvalue weighted by Gasteiger charge is -2.11. The lowest BCUT2D eigenvalue weighted by Crippen LogP contribution is -2.08. The van der Waals surface area contributed by atoms with E-state index in [9.17, 15) is 9.90 Å². The Morgan fingerprint density at radius 3 is 2.72 bits per heavy atom. The summed E-state index contributed by atoms with van der Waals surface area (Å²) in [6.07, 6.45) is 1.50. The molecule has 1 aromatic carbocycles. The maximum atomic E-state index is 11.3. The van der Waals surface area contributed by atoms with E-state index in [0.717, 1.165) is 5.56 Å². The van der Waals surface area contributed by atoms with E-state index in [1.807, 2.05) is 25.1 Å². The second-order valence-electron chi connectivity index (χ2n) is 4.03. The molecule has 2 aromatic rings. The summed E-state index contributed by atoms with van der Waals surface area (Å²) in [6.45, 7) is 3.61. The maximum Gasteiger partial charge on any atom is 0.354 e. The van der Waals surface area contributed by atoms with Crippen LogP contribution in [0.1, 0.15) is 21.7 Å². The molecule has 0 aliphatic heterocycles. The molecule has 0 spiro atoms. The minimum Gasteiger partial charge on any atom is -0.495 e. The van der Waals surface area contributed by atoms with Crippen LogP contribution in [0.2, 0.25) is 0 Å². The van der Waals surface area contributed by atoms with Gasteiger partial charge in [-0.3, -0.25) is 4.57 Å². The van der Waals surface area contributed by atoms with Gasteiger partial charge < -0.3 is 9.84 Å². The molecule has 1 N–H and O–H groups in total. The van der Waals surface area contributed by atoms with E-state index in [4.69, 9.17) is 4.74 Å². The fraction of sp³-hybridized carbons (Fsp3) is 0.231. The SMILES string of the molecule is COc1ccc(C)cc1-n1cnc(C)c1C(=O)O. The van der Waals surface area contributed by atoms with Crippen LogP contribution in [0.4, 0.5) is 0 Å². The standard InChI is InChI=1S/C13H14N2O3/c1-8-4-5-11(18-3)10(6-8)15-7-14-9(2)12(15)13(16)17/h4-7H,1-3H3,(H,16,17). The van der Waals surface area contributed by atoms with Crippen molar-refractivity contribution >= 4 is 5.97 Å². The van der Waals surface area contributed by atoms with Gasteiger partial charge in [0, 0.05) is 0 Å². The summed E-state index contributed by atoms with van der Waals surface area (Å²) in [7, 11) is 1.55. The van der Waals surface area contributed by atoms with Gasteiger partial charge in [-0.1, -0.05) is 6.07 Å². The number of nitrogens with zero attached hydrogens (tertiary/aromatic N) is 2. The van der Waals surface area contributed by atoms with Crippen LogP contribution in [0.15, 0.2) is 24.5 Å². The van der Waals surface area contributed by atoms with Gasteiger partial charge in [0.2, 0.25) is 0 Å². The molecule has 0 fully saturated rings. The third kappa shape index (κ3) is 1.95. The van der Waals surface area contributed by atoms with E-state index >= 15 is 0 Å². The van der Waals surface area contributed by atoms with Crippen molar-refractivity contribution in [1.29, 1.82) is 0 Å². The number of carboxylic acids is 1. The minimum absolute atomic E-state index is 0.152. The molecule has 1 heterocycles. The van der Waals surface area contributed by atoms with Gasteiger partial charge >= 0.3 is 5.97 Å². The van der Waals surface area contributed by atoms with Crippen LogP contribution in [-0.2, 0) is 0 Å². The van der Waals surface area contributed by atoms with Crippen molar-refractivity contribution < 1.29 is 14.6 Å². The fourth-order valence-corrected chi connectivity index (χ4v) is 1.87. The Morgan fingerprint density at radius 2 is 2.11 bits per heavy atom. The fourth-order valence-electron chi connectivity index (χ4n) is 1.87. The van der Waals surface area contributed by atoms with Crippen LogP contribution >= 0.6 is 0 Å². The Hall–Kier alpha value is -2.30. The van der Waals surface area contributed by atoms with Crippen LogP contribution in [0.25, 0.3) is 5.69 Å². The summed E-state index contributed by atoms with van der Waals surface area (Å²) in [5, 5.41) is 9.23. The number of methoxy groups -OCH3 is 1. The Balaban J connectivity index is 2.69. The van der Waals surface area contributed by atoms with Gasteiger partial charge in [-0.25, -0.2) is 9.78 Å². The van der Waals surface area contributed by atoms with Crippen molar-refractivity contribution in [2.24, 2.45) is 0 Å². The second kappa shape index (κ2) is 4.52. The molecule has 0 radical (unpaired) electrons. The van der Waals surface area contributed by atoms with Gasteiger partial charge in [0.1, 0.15) is 12.1 Å². The molecule has 0 atom stereocenters. The number of aryl methyl sites for hydroxylation is 2. The van der Waals surface area contributed by atoms with Crippen LogP contribution < -0.4 is 4.74 Å². The number of aromatic nitrogens is 2. The summed E-state index contributed by atoms with van der Waals surface area (Å²) in [4.78, 5) is 15.3. The van der Waals surface area contributed by atoms with Gasteiger partial charge in [-0.05, 0) is 31.5 Å². The molecular formula is C13H14N2O3. The molecule has 0 saturated heterocycles. The Morgan fingerprint density at radius 1 is 1.39 bits per heavy atom. The second-order valence-corrected chi connectivity index (χ2v) is 4.03. The van der Waals surface area contributed by atoms with Gasteiger partial charge in [0.05, 0.1) is 18.5 Å². The highest BCUT2D eigenvalue weighted by molar-refractivity contribution is 5.88. The van der Waals surface area contributed by atoms with E-state index in [0.29, 0.717) is 17.1 Å². The number of ether oxygens (including phenoxy) is 1. The van der Waals surface area contributed by atoms with Crippen LogP contribution in [0.5, 0.6) is 5.75 Å². The molecule has 0 saturated carbocycles. The number of hydrogen-bond donors (Lipinski definition) is 1. The Bertz CT molecular complexity index is 602. The van der Waals surface area contributed by atoms with Gasteiger partial charge in [0.15, 0.2) is 5.69 Å². The molecule has 2 rings (SSSR count). The topological polar surface area (TPSA) is 64.4 Å². The normalized spacial score (nSPS) is 10.4. The Kier molecular flexibility index (Phi) is 3.06. The first-order valence-corrected chi connectivity index (χ1v) is 5.47. The highest BCUT2D eigenvalue weighted by Gasteiger charge is 2.18. The minimum atomic E-state index is -1.01. The van der Waals surface area contributed by atoms with Crippen LogP contribution in [0, 0.1) is 13.8 Å². The molecule has 0 amide bonds. The molecule has 1 aromatic heterocycles. The van der Waals surface area contributed by atoms with E-state index in [1.54, 1.807) is 14.0 Å². The molecular weight excluding hydrogens is 232 g/mol. The molecule has 0 aliphatic carbocycles. The summed E-state index contributed by atoms with van der Waals surface area (Å²) < 4.78 is 6.79. The van der Waals surface area contributed by atoms with Crippen molar-refractivity contribution in [2.75, 3.05) is 7.11 Å².